The van der Waals surface area contributed by atoms with Crippen molar-refractivity contribution < 1.29 is 14.6 Å². The summed E-state index contributed by atoms with van der Waals surface area (Å²) in [7, 11) is 1.50. The fourth-order valence-corrected chi connectivity index (χ4v) is 1.77. The Kier molecular flexibility index (Phi) is 3.70. The molecule has 0 radical (unpaired) electrons. The van der Waals surface area contributed by atoms with Gasteiger partial charge in [-0.15, -0.1) is 0 Å². The Bertz CT molecular complexity index is 593. The summed E-state index contributed by atoms with van der Waals surface area (Å²) in [5.41, 5.74) is 0.659. The second kappa shape index (κ2) is 5.43. The predicted molar refractivity (Wildman–Crippen MR) is 71.1 cm³/mol. The smallest absolute Gasteiger partial charge is 0.337 e. The van der Waals surface area contributed by atoms with E-state index in [0.29, 0.717) is 18.0 Å². The number of ether oxygens (including phenoxy) is 1. The highest BCUT2D eigenvalue weighted by atomic mass is 16.5. The SMILES string of the molecule is CCn1nccc1Nc1ccc(OC)cc1C(=O)O. The van der Waals surface area contributed by atoms with Crippen LogP contribution in [-0.4, -0.2) is 28.0 Å². The zero-order valence-corrected chi connectivity index (χ0v) is 10.8. The van der Waals surface area contributed by atoms with Gasteiger partial charge in [-0.05, 0) is 25.1 Å². The number of carbonyl (C=O) groups is 1. The number of aromatic nitrogens is 2. The highest BCUT2D eigenvalue weighted by Crippen LogP contribution is 2.25. The highest BCUT2D eigenvalue weighted by molar-refractivity contribution is 5.95. The van der Waals surface area contributed by atoms with Gasteiger partial charge in [-0.3, -0.25) is 0 Å². The van der Waals surface area contributed by atoms with Crippen LogP contribution in [0.25, 0.3) is 0 Å². The zero-order chi connectivity index (χ0) is 13.8. The molecule has 0 aliphatic rings. The molecular weight excluding hydrogens is 246 g/mol. The average Bonchev–Trinajstić information content (AvgIpc) is 2.86. The summed E-state index contributed by atoms with van der Waals surface area (Å²) in [4.78, 5) is 11.3. The largest absolute Gasteiger partial charge is 0.497 e. The maximum absolute atomic E-state index is 11.3. The molecule has 100 valence electrons. The number of aromatic carboxylic acids is 1. The van der Waals surface area contributed by atoms with E-state index in [1.165, 1.54) is 13.2 Å². The van der Waals surface area contributed by atoms with Crippen molar-refractivity contribution >= 4 is 17.5 Å². The van der Waals surface area contributed by atoms with Crippen LogP contribution in [0.3, 0.4) is 0 Å². The standard InChI is InChI=1S/C13H15N3O3/c1-3-16-12(6-7-14-16)15-11-5-4-9(19-2)8-10(11)13(17)18/h4-8,15H,3H2,1-2H3,(H,17,18). The van der Waals surface area contributed by atoms with Crippen molar-refractivity contribution in [2.45, 2.75) is 13.5 Å². The van der Waals surface area contributed by atoms with Crippen LogP contribution in [0.2, 0.25) is 0 Å². The molecule has 2 aromatic rings. The second-order valence-corrected chi connectivity index (χ2v) is 3.87. The first-order valence-electron chi connectivity index (χ1n) is 5.86. The minimum absolute atomic E-state index is 0.156. The maximum atomic E-state index is 11.3. The fraction of sp³-hybridized carbons (Fsp3) is 0.231. The van der Waals surface area contributed by atoms with Gasteiger partial charge in [-0.2, -0.15) is 5.10 Å². The summed E-state index contributed by atoms with van der Waals surface area (Å²) >= 11 is 0. The lowest BCUT2D eigenvalue weighted by atomic mass is 10.1. The topological polar surface area (TPSA) is 76.4 Å². The fourth-order valence-electron chi connectivity index (χ4n) is 1.77. The molecule has 2 rings (SSSR count). The monoisotopic (exact) mass is 261 g/mol. The van der Waals surface area contributed by atoms with Gasteiger partial charge in [0.1, 0.15) is 11.6 Å². The maximum Gasteiger partial charge on any atom is 0.337 e. The Morgan fingerprint density at radius 1 is 1.47 bits per heavy atom. The van der Waals surface area contributed by atoms with Crippen LogP contribution in [0.5, 0.6) is 5.75 Å². The molecule has 1 aromatic heterocycles. The molecule has 2 N–H and O–H groups in total. The van der Waals surface area contributed by atoms with Crippen LogP contribution in [-0.2, 0) is 6.54 Å². The van der Waals surface area contributed by atoms with Gasteiger partial charge >= 0.3 is 5.97 Å². The lowest BCUT2D eigenvalue weighted by Crippen LogP contribution is -2.07. The summed E-state index contributed by atoms with van der Waals surface area (Å²) in [6, 6.07) is 6.66. The number of rotatable bonds is 5. The third-order valence-corrected chi connectivity index (χ3v) is 2.74. The van der Waals surface area contributed by atoms with E-state index < -0.39 is 5.97 Å². The molecular formula is C13H15N3O3. The highest BCUT2D eigenvalue weighted by Gasteiger charge is 2.13. The van der Waals surface area contributed by atoms with Crippen molar-refractivity contribution in [3.63, 3.8) is 0 Å². The number of nitrogens with one attached hydrogen (secondary N) is 1. The van der Waals surface area contributed by atoms with E-state index in [-0.39, 0.29) is 5.56 Å². The predicted octanol–water partition coefficient (Wildman–Crippen LogP) is 2.35. The van der Waals surface area contributed by atoms with Gasteiger partial charge in [-0.1, -0.05) is 0 Å². The van der Waals surface area contributed by atoms with Gasteiger partial charge in [0.25, 0.3) is 0 Å². The van der Waals surface area contributed by atoms with Crippen LogP contribution in [0, 0.1) is 0 Å². The summed E-state index contributed by atoms with van der Waals surface area (Å²) < 4.78 is 6.78. The number of hydrogen-bond acceptors (Lipinski definition) is 4. The molecule has 0 saturated heterocycles. The van der Waals surface area contributed by atoms with Crippen LogP contribution in [0.4, 0.5) is 11.5 Å². The van der Waals surface area contributed by atoms with E-state index in [4.69, 9.17) is 4.74 Å². The number of anilines is 2. The first kappa shape index (κ1) is 12.9. The molecule has 6 nitrogen and oxygen atoms in total. The van der Waals surface area contributed by atoms with E-state index in [0.717, 1.165) is 5.82 Å². The number of aryl methyl sites for hydroxylation is 1. The van der Waals surface area contributed by atoms with Crippen molar-refractivity contribution in [2.75, 3.05) is 12.4 Å². The van der Waals surface area contributed by atoms with Crippen molar-refractivity contribution in [3.8, 4) is 5.75 Å². The first-order chi connectivity index (χ1) is 9.15. The van der Waals surface area contributed by atoms with Crippen LogP contribution >= 0.6 is 0 Å². The van der Waals surface area contributed by atoms with E-state index in [1.54, 1.807) is 29.1 Å². The summed E-state index contributed by atoms with van der Waals surface area (Å²) in [5, 5.41) is 16.4. The summed E-state index contributed by atoms with van der Waals surface area (Å²) in [5.74, 6) is 0.242. The third-order valence-electron chi connectivity index (χ3n) is 2.74. The Balaban J connectivity index is 2.37. The Hall–Kier alpha value is -2.50. The lowest BCUT2D eigenvalue weighted by molar-refractivity contribution is 0.0697. The van der Waals surface area contributed by atoms with Crippen molar-refractivity contribution in [1.82, 2.24) is 9.78 Å². The number of carboxylic acid groups (broad SMARTS) is 1. The van der Waals surface area contributed by atoms with Gasteiger partial charge in [0.2, 0.25) is 0 Å². The Labute approximate surface area is 110 Å². The number of hydrogen-bond donors (Lipinski definition) is 2. The first-order valence-corrected chi connectivity index (χ1v) is 5.86. The molecule has 0 unspecified atom stereocenters. The molecule has 0 amide bonds. The summed E-state index contributed by atoms with van der Waals surface area (Å²) in [6.45, 7) is 2.66. The molecule has 0 saturated carbocycles. The Morgan fingerprint density at radius 3 is 2.89 bits per heavy atom. The molecule has 1 heterocycles. The molecule has 19 heavy (non-hydrogen) atoms. The van der Waals surface area contributed by atoms with Gasteiger partial charge in [-0.25, -0.2) is 9.48 Å². The van der Waals surface area contributed by atoms with Gasteiger partial charge < -0.3 is 15.2 Å². The zero-order valence-electron chi connectivity index (χ0n) is 10.8. The van der Waals surface area contributed by atoms with Crippen LogP contribution in [0.15, 0.2) is 30.5 Å². The summed E-state index contributed by atoms with van der Waals surface area (Å²) in [6.07, 6.45) is 1.66. The van der Waals surface area contributed by atoms with Crippen molar-refractivity contribution in [2.24, 2.45) is 0 Å². The van der Waals surface area contributed by atoms with Gasteiger partial charge in [0, 0.05) is 12.6 Å². The lowest BCUT2D eigenvalue weighted by Gasteiger charge is -2.11. The molecule has 0 aliphatic heterocycles. The quantitative estimate of drug-likeness (QED) is 0.864. The van der Waals surface area contributed by atoms with E-state index in [2.05, 4.69) is 10.4 Å². The number of benzene rings is 1. The number of methoxy groups -OCH3 is 1. The molecule has 6 heteroatoms. The molecule has 1 aromatic carbocycles. The van der Waals surface area contributed by atoms with Crippen LogP contribution in [0.1, 0.15) is 17.3 Å². The van der Waals surface area contributed by atoms with E-state index in [1.807, 2.05) is 6.92 Å². The van der Waals surface area contributed by atoms with Crippen molar-refractivity contribution in [3.05, 3.63) is 36.0 Å². The molecule has 0 aliphatic carbocycles. The van der Waals surface area contributed by atoms with Gasteiger partial charge in [0.15, 0.2) is 0 Å². The minimum atomic E-state index is -1.01. The van der Waals surface area contributed by atoms with E-state index in [9.17, 15) is 9.90 Å². The minimum Gasteiger partial charge on any atom is -0.497 e. The third kappa shape index (κ3) is 2.67. The molecule has 0 atom stereocenters. The van der Waals surface area contributed by atoms with Gasteiger partial charge in [0.05, 0.1) is 24.6 Å². The Morgan fingerprint density at radius 2 is 2.26 bits per heavy atom. The molecule has 0 spiro atoms. The number of carboxylic acids is 1. The second-order valence-electron chi connectivity index (χ2n) is 3.87. The average molecular weight is 261 g/mol. The molecule has 0 fully saturated rings. The van der Waals surface area contributed by atoms with Crippen molar-refractivity contribution in [1.29, 1.82) is 0 Å². The molecule has 0 bridgehead atoms. The number of nitrogens with zero attached hydrogens (tertiary/aromatic N) is 2. The normalized spacial score (nSPS) is 10.2. The van der Waals surface area contributed by atoms with Crippen LogP contribution < -0.4 is 10.1 Å². The van der Waals surface area contributed by atoms with E-state index >= 15 is 0 Å².